The quantitative estimate of drug-likeness (QED) is 0.168. The maximum absolute atomic E-state index is 11.1. The number of benzene rings is 3. The number of unbranched alkanes of at least 4 members (excludes halogenated alkanes) is 2. The molecule has 2 atom stereocenters. The molecule has 0 N–H and O–H groups in total. The minimum atomic E-state index is 0.599. The highest BCUT2D eigenvalue weighted by molar-refractivity contribution is 5.80. The first-order valence-electron chi connectivity index (χ1n) is 15.2. The molecule has 0 saturated carbocycles. The van der Waals surface area contributed by atoms with Gasteiger partial charge in [-0.15, -0.1) is 0 Å². The molecular formula is C36H51NO3. The van der Waals surface area contributed by atoms with E-state index in [1.807, 2.05) is 60.7 Å². The molecule has 0 amide bonds. The van der Waals surface area contributed by atoms with Gasteiger partial charge in [0.2, 0.25) is 0 Å². The zero-order chi connectivity index (χ0) is 29.2. The predicted octanol–water partition coefficient (Wildman–Crippen LogP) is 10.8. The number of carbonyl (C=O) groups is 1. The van der Waals surface area contributed by atoms with Crippen LogP contribution < -0.4 is 14.4 Å². The summed E-state index contributed by atoms with van der Waals surface area (Å²) in [6, 6.07) is 23.7. The van der Waals surface area contributed by atoms with Gasteiger partial charge in [-0.05, 0) is 91.1 Å². The van der Waals surface area contributed by atoms with Gasteiger partial charge < -0.3 is 14.4 Å². The van der Waals surface area contributed by atoms with E-state index in [-0.39, 0.29) is 0 Å². The Balaban J connectivity index is 0.000000611. The minimum Gasteiger partial charge on any atom is -0.497 e. The van der Waals surface area contributed by atoms with Gasteiger partial charge in [-0.3, -0.25) is 4.79 Å². The van der Waals surface area contributed by atoms with Crippen molar-refractivity contribution in [1.29, 1.82) is 0 Å². The van der Waals surface area contributed by atoms with Gasteiger partial charge in [0, 0.05) is 22.6 Å². The topological polar surface area (TPSA) is 38.8 Å². The van der Waals surface area contributed by atoms with Gasteiger partial charge in [-0.1, -0.05) is 79.6 Å². The molecule has 2 unspecified atom stereocenters. The Labute approximate surface area is 243 Å². The summed E-state index contributed by atoms with van der Waals surface area (Å²) in [5, 5.41) is 0. The second-order valence-corrected chi connectivity index (χ2v) is 10.6. The first-order valence-corrected chi connectivity index (χ1v) is 15.2. The van der Waals surface area contributed by atoms with Gasteiger partial charge >= 0.3 is 0 Å². The van der Waals surface area contributed by atoms with Crippen LogP contribution in [0.4, 0.5) is 17.1 Å². The summed E-state index contributed by atoms with van der Waals surface area (Å²) in [4.78, 5) is 13.2. The van der Waals surface area contributed by atoms with Gasteiger partial charge in [-0.25, -0.2) is 0 Å². The van der Waals surface area contributed by atoms with Gasteiger partial charge in [0.15, 0.2) is 0 Å². The summed E-state index contributed by atoms with van der Waals surface area (Å²) in [5.74, 6) is 3.24. The smallest absolute Gasteiger partial charge is 0.150 e. The normalized spacial score (nSPS) is 12.1. The first-order chi connectivity index (χ1) is 19.5. The highest BCUT2D eigenvalue weighted by Crippen LogP contribution is 2.36. The Bertz CT molecular complexity index is 1060. The van der Waals surface area contributed by atoms with E-state index in [0.717, 1.165) is 53.8 Å². The molecule has 0 aliphatic carbocycles. The van der Waals surface area contributed by atoms with Crippen molar-refractivity contribution in [2.45, 2.75) is 86.0 Å². The standard InChI is InChI=1S/C28H33NO3.C8H18/c1-4-6-7-22(5-2)21-32-28-18-14-26(15-19-28)29(24-10-8-23(20-30)9-11-24)25-12-16-27(31-3)17-13-25;1-4-6-7-8(3)5-2/h8-20,22H,4-7,21H2,1-3H3;8H,4-7H2,1-3H3. The zero-order valence-corrected chi connectivity index (χ0v) is 25.7. The van der Waals surface area contributed by atoms with Crippen LogP contribution in [0.15, 0.2) is 72.8 Å². The fourth-order valence-corrected chi connectivity index (χ4v) is 4.44. The fourth-order valence-electron chi connectivity index (χ4n) is 4.44. The van der Waals surface area contributed by atoms with E-state index in [1.54, 1.807) is 7.11 Å². The summed E-state index contributed by atoms with van der Waals surface area (Å²) in [7, 11) is 1.66. The largest absolute Gasteiger partial charge is 0.497 e. The van der Waals surface area contributed by atoms with E-state index in [0.29, 0.717) is 11.5 Å². The summed E-state index contributed by atoms with van der Waals surface area (Å²) in [5.41, 5.74) is 3.64. The number of nitrogens with zero attached hydrogens (tertiary/aromatic N) is 1. The Morgan fingerprint density at radius 1 is 0.700 bits per heavy atom. The predicted molar refractivity (Wildman–Crippen MR) is 171 cm³/mol. The maximum Gasteiger partial charge on any atom is 0.150 e. The van der Waals surface area contributed by atoms with Crippen molar-refractivity contribution in [3.63, 3.8) is 0 Å². The molecule has 0 spiro atoms. The number of ether oxygens (including phenoxy) is 2. The number of rotatable bonds is 16. The van der Waals surface area contributed by atoms with Crippen LogP contribution in [0.3, 0.4) is 0 Å². The molecule has 0 heterocycles. The number of anilines is 3. The molecule has 40 heavy (non-hydrogen) atoms. The molecule has 0 aliphatic heterocycles. The second kappa shape index (κ2) is 18.9. The van der Waals surface area contributed by atoms with E-state index in [4.69, 9.17) is 9.47 Å². The summed E-state index contributed by atoms with van der Waals surface area (Å²) < 4.78 is 11.4. The van der Waals surface area contributed by atoms with Crippen molar-refractivity contribution in [3.05, 3.63) is 78.4 Å². The van der Waals surface area contributed by atoms with E-state index in [2.05, 4.69) is 51.7 Å². The molecule has 0 aliphatic rings. The van der Waals surface area contributed by atoms with Gasteiger partial charge in [0.25, 0.3) is 0 Å². The lowest BCUT2D eigenvalue weighted by molar-refractivity contribution is 0.112. The fraction of sp³-hybridized carbons (Fsp3) is 0.472. The third-order valence-corrected chi connectivity index (χ3v) is 7.49. The lowest BCUT2D eigenvalue weighted by Crippen LogP contribution is -2.12. The SMILES string of the molecule is CCCCC(C)CC.CCCCC(CC)COc1ccc(N(c2ccc(C=O)cc2)c2ccc(OC)cc2)cc1. The van der Waals surface area contributed by atoms with Gasteiger partial charge in [0.1, 0.15) is 17.8 Å². The van der Waals surface area contributed by atoms with Crippen LogP contribution in [-0.2, 0) is 0 Å². The van der Waals surface area contributed by atoms with Crippen molar-refractivity contribution in [2.24, 2.45) is 11.8 Å². The highest BCUT2D eigenvalue weighted by atomic mass is 16.5. The Morgan fingerprint density at radius 2 is 1.20 bits per heavy atom. The van der Waals surface area contributed by atoms with Crippen LogP contribution in [0.2, 0.25) is 0 Å². The van der Waals surface area contributed by atoms with Crippen molar-refractivity contribution < 1.29 is 14.3 Å². The number of aldehydes is 1. The summed E-state index contributed by atoms with van der Waals surface area (Å²) in [6.45, 7) is 12.1. The second-order valence-electron chi connectivity index (χ2n) is 10.6. The van der Waals surface area contributed by atoms with Crippen LogP contribution in [0.5, 0.6) is 11.5 Å². The van der Waals surface area contributed by atoms with Crippen molar-refractivity contribution in [1.82, 2.24) is 0 Å². The van der Waals surface area contributed by atoms with Gasteiger partial charge in [0.05, 0.1) is 13.7 Å². The van der Waals surface area contributed by atoms with Crippen LogP contribution in [0.1, 0.15) is 96.3 Å². The molecule has 4 heteroatoms. The van der Waals surface area contributed by atoms with E-state index in [9.17, 15) is 4.79 Å². The molecule has 3 rings (SSSR count). The van der Waals surface area contributed by atoms with E-state index in [1.165, 1.54) is 44.9 Å². The Morgan fingerprint density at radius 3 is 1.65 bits per heavy atom. The Hall–Kier alpha value is -3.27. The van der Waals surface area contributed by atoms with Crippen molar-refractivity contribution >= 4 is 23.3 Å². The number of carbonyl (C=O) groups excluding carboxylic acids is 1. The number of methoxy groups -OCH3 is 1. The highest BCUT2D eigenvalue weighted by Gasteiger charge is 2.13. The van der Waals surface area contributed by atoms with Crippen LogP contribution in [-0.4, -0.2) is 20.0 Å². The zero-order valence-electron chi connectivity index (χ0n) is 25.7. The third kappa shape index (κ3) is 11.1. The van der Waals surface area contributed by atoms with Crippen LogP contribution in [0.25, 0.3) is 0 Å². The molecule has 218 valence electrons. The first kappa shape index (κ1) is 32.9. The Kier molecular flexibility index (Phi) is 15.6. The third-order valence-electron chi connectivity index (χ3n) is 7.49. The summed E-state index contributed by atoms with van der Waals surface area (Å²) >= 11 is 0. The average molecular weight is 546 g/mol. The molecule has 3 aromatic carbocycles. The lowest BCUT2D eigenvalue weighted by atomic mass is 10.0. The molecule has 0 bridgehead atoms. The van der Waals surface area contributed by atoms with Crippen molar-refractivity contribution in [2.75, 3.05) is 18.6 Å². The van der Waals surface area contributed by atoms with Crippen LogP contribution >= 0.6 is 0 Å². The average Bonchev–Trinajstić information content (AvgIpc) is 3.01. The van der Waals surface area contributed by atoms with E-state index < -0.39 is 0 Å². The monoisotopic (exact) mass is 545 g/mol. The molecule has 0 fully saturated rings. The molecule has 3 aromatic rings. The molecule has 0 aromatic heterocycles. The molecule has 0 radical (unpaired) electrons. The molecule has 4 nitrogen and oxygen atoms in total. The number of hydrogen-bond acceptors (Lipinski definition) is 4. The minimum absolute atomic E-state index is 0.599. The lowest BCUT2D eigenvalue weighted by Gasteiger charge is -2.26. The molecular weight excluding hydrogens is 494 g/mol. The summed E-state index contributed by atoms with van der Waals surface area (Å²) in [6.07, 6.45) is 11.2. The van der Waals surface area contributed by atoms with Gasteiger partial charge in [-0.2, -0.15) is 0 Å². The maximum atomic E-state index is 11.1. The molecule has 0 saturated heterocycles. The van der Waals surface area contributed by atoms with Crippen molar-refractivity contribution in [3.8, 4) is 11.5 Å². The number of hydrogen-bond donors (Lipinski definition) is 0. The van der Waals surface area contributed by atoms with E-state index >= 15 is 0 Å². The van der Waals surface area contributed by atoms with Crippen LogP contribution in [0, 0.1) is 11.8 Å².